The number of aliphatic carboxylic acids is 1. The molecule has 0 aromatic heterocycles. The highest BCUT2D eigenvalue weighted by Gasteiger charge is 2.26. The van der Waals surface area contributed by atoms with Gasteiger partial charge in [0.1, 0.15) is 6.04 Å². The molecule has 1 atom stereocenters. The van der Waals surface area contributed by atoms with E-state index in [-0.39, 0.29) is 11.3 Å². The number of carboxylic acid groups (broad SMARTS) is 1. The summed E-state index contributed by atoms with van der Waals surface area (Å²) in [6, 6.07) is -0.857. The fraction of sp³-hybridized carbons (Fsp3) is 0.300. The number of methoxy groups -OCH3 is 2. The Morgan fingerprint density at radius 2 is 1.88 bits per heavy atom. The topological polar surface area (TPSA) is 81.8 Å². The van der Waals surface area contributed by atoms with Crippen molar-refractivity contribution in [1.29, 1.82) is 0 Å². The first-order valence-corrected chi connectivity index (χ1v) is 4.52. The second-order valence-electron chi connectivity index (χ2n) is 3.14. The van der Waals surface area contributed by atoms with E-state index in [9.17, 15) is 13.6 Å². The molecule has 0 amide bonds. The molecular weight excluding hydrogens is 236 g/mol. The summed E-state index contributed by atoms with van der Waals surface area (Å²) in [7, 11) is 2.28. The van der Waals surface area contributed by atoms with Crippen LogP contribution in [0.2, 0.25) is 0 Å². The Morgan fingerprint density at radius 1 is 1.35 bits per heavy atom. The van der Waals surface area contributed by atoms with E-state index >= 15 is 0 Å². The molecule has 0 saturated carbocycles. The minimum atomic E-state index is -1.53. The van der Waals surface area contributed by atoms with Crippen molar-refractivity contribution in [2.45, 2.75) is 6.04 Å². The van der Waals surface area contributed by atoms with E-state index in [2.05, 4.69) is 4.74 Å². The quantitative estimate of drug-likeness (QED) is 0.831. The van der Waals surface area contributed by atoms with Gasteiger partial charge < -0.3 is 20.3 Å². The average Bonchev–Trinajstić information content (AvgIpc) is 2.30. The molecular formula is C10H11F2NO4. The third kappa shape index (κ3) is 2.28. The van der Waals surface area contributed by atoms with Crippen LogP contribution in [-0.2, 0) is 4.79 Å². The maximum atomic E-state index is 13.3. The standard InChI is InChI=1S/C10H11F2NO4/c1-16-8-4(7(13)10(14)15)3-5(11)6(12)9(8)17-2/h3,7H,13H2,1-2H3,(H,14,15). The molecule has 0 aliphatic heterocycles. The van der Waals surface area contributed by atoms with Crippen molar-refractivity contribution in [1.82, 2.24) is 0 Å². The van der Waals surface area contributed by atoms with E-state index in [1.807, 2.05) is 0 Å². The van der Waals surface area contributed by atoms with Crippen LogP contribution in [0, 0.1) is 11.6 Å². The summed E-state index contributed by atoms with van der Waals surface area (Å²) >= 11 is 0. The highest BCUT2D eigenvalue weighted by atomic mass is 19.2. The van der Waals surface area contributed by atoms with Gasteiger partial charge in [0.2, 0.25) is 5.82 Å². The van der Waals surface area contributed by atoms with Gasteiger partial charge >= 0.3 is 5.97 Å². The van der Waals surface area contributed by atoms with Gasteiger partial charge in [0.25, 0.3) is 0 Å². The van der Waals surface area contributed by atoms with Crippen molar-refractivity contribution in [3.63, 3.8) is 0 Å². The SMILES string of the molecule is COc1c(C(N)C(=O)O)cc(F)c(F)c1OC. The molecule has 0 saturated heterocycles. The Labute approximate surface area is 95.7 Å². The van der Waals surface area contributed by atoms with Gasteiger partial charge in [-0.25, -0.2) is 4.39 Å². The summed E-state index contributed by atoms with van der Waals surface area (Å²) in [4.78, 5) is 10.7. The van der Waals surface area contributed by atoms with Crippen molar-refractivity contribution in [2.75, 3.05) is 14.2 Å². The van der Waals surface area contributed by atoms with Crippen LogP contribution < -0.4 is 15.2 Å². The molecule has 0 bridgehead atoms. The molecule has 0 radical (unpaired) electrons. The van der Waals surface area contributed by atoms with Gasteiger partial charge in [0.05, 0.1) is 14.2 Å². The summed E-state index contributed by atoms with van der Waals surface area (Å²) in [5.41, 5.74) is 5.13. The third-order valence-corrected chi connectivity index (χ3v) is 2.17. The lowest BCUT2D eigenvalue weighted by molar-refractivity contribution is -0.138. The van der Waals surface area contributed by atoms with Crippen LogP contribution >= 0.6 is 0 Å². The van der Waals surface area contributed by atoms with Crippen molar-refractivity contribution in [2.24, 2.45) is 5.73 Å². The van der Waals surface area contributed by atoms with Gasteiger partial charge in [-0.1, -0.05) is 0 Å². The number of nitrogens with two attached hydrogens (primary N) is 1. The van der Waals surface area contributed by atoms with Gasteiger partial charge in [-0.3, -0.25) is 4.79 Å². The summed E-state index contributed by atoms with van der Waals surface area (Å²) in [5, 5.41) is 8.74. The average molecular weight is 247 g/mol. The molecule has 0 fully saturated rings. The molecule has 3 N–H and O–H groups in total. The normalized spacial score (nSPS) is 12.1. The van der Waals surface area contributed by atoms with Gasteiger partial charge in [-0.05, 0) is 6.07 Å². The summed E-state index contributed by atoms with van der Waals surface area (Å²) in [5.74, 6) is -4.66. The highest BCUT2D eigenvalue weighted by molar-refractivity contribution is 5.77. The molecule has 0 aliphatic rings. The highest BCUT2D eigenvalue weighted by Crippen LogP contribution is 2.37. The Balaban J connectivity index is 3.49. The first-order chi connectivity index (χ1) is 7.93. The van der Waals surface area contributed by atoms with E-state index < -0.39 is 29.4 Å². The lowest BCUT2D eigenvalue weighted by atomic mass is 10.1. The van der Waals surface area contributed by atoms with Crippen molar-refractivity contribution in [3.8, 4) is 11.5 Å². The molecule has 0 heterocycles. The number of rotatable bonds is 4. The van der Waals surface area contributed by atoms with Crippen LogP contribution in [0.25, 0.3) is 0 Å². The number of benzene rings is 1. The second-order valence-corrected chi connectivity index (χ2v) is 3.14. The zero-order chi connectivity index (χ0) is 13.2. The number of hydrogen-bond donors (Lipinski definition) is 2. The van der Waals surface area contributed by atoms with E-state index in [4.69, 9.17) is 15.6 Å². The van der Waals surface area contributed by atoms with Crippen LogP contribution in [0.15, 0.2) is 6.07 Å². The van der Waals surface area contributed by atoms with Crippen LogP contribution in [0.3, 0.4) is 0 Å². The fourth-order valence-electron chi connectivity index (χ4n) is 1.36. The Kier molecular flexibility index (Phi) is 3.84. The van der Waals surface area contributed by atoms with E-state index in [0.717, 1.165) is 7.11 Å². The molecule has 0 aliphatic carbocycles. The second kappa shape index (κ2) is 4.96. The van der Waals surface area contributed by atoms with Crippen LogP contribution in [0.5, 0.6) is 11.5 Å². The molecule has 1 aromatic carbocycles. The summed E-state index contributed by atoms with van der Waals surface area (Å²) in [6.07, 6.45) is 0. The van der Waals surface area contributed by atoms with Gasteiger partial charge in [0, 0.05) is 5.56 Å². The predicted octanol–water partition coefficient (Wildman–Crippen LogP) is 1.07. The van der Waals surface area contributed by atoms with Crippen LogP contribution in [0.4, 0.5) is 8.78 Å². The third-order valence-electron chi connectivity index (χ3n) is 2.17. The van der Waals surface area contributed by atoms with E-state index in [1.165, 1.54) is 7.11 Å². The number of halogens is 2. The summed E-state index contributed by atoms with van der Waals surface area (Å²) < 4.78 is 36.0. The smallest absolute Gasteiger partial charge is 0.325 e. The molecule has 94 valence electrons. The molecule has 17 heavy (non-hydrogen) atoms. The molecule has 1 aromatic rings. The largest absolute Gasteiger partial charge is 0.492 e. The molecule has 7 heteroatoms. The zero-order valence-corrected chi connectivity index (χ0v) is 9.16. The van der Waals surface area contributed by atoms with Crippen LogP contribution in [0.1, 0.15) is 11.6 Å². The minimum absolute atomic E-state index is 0.198. The lowest BCUT2D eigenvalue weighted by Crippen LogP contribution is -2.22. The van der Waals surface area contributed by atoms with Gasteiger partial charge in [0.15, 0.2) is 17.3 Å². The van der Waals surface area contributed by atoms with E-state index in [1.54, 1.807) is 0 Å². The zero-order valence-electron chi connectivity index (χ0n) is 9.16. The number of ether oxygens (including phenoxy) is 2. The number of carbonyl (C=O) groups is 1. The first-order valence-electron chi connectivity index (χ1n) is 4.52. The first kappa shape index (κ1) is 13.2. The number of hydrogen-bond acceptors (Lipinski definition) is 4. The molecule has 5 nitrogen and oxygen atoms in total. The van der Waals surface area contributed by atoms with Crippen molar-refractivity contribution in [3.05, 3.63) is 23.3 Å². The number of carboxylic acids is 1. The minimum Gasteiger partial charge on any atom is -0.492 e. The monoisotopic (exact) mass is 247 g/mol. The Bertz CT molecular complexity index is 450. The van der Waals surface area contributed by atoms with Gasteiger partial charge in [-0.2, -0.15) is 4.39 Å². The fourth-order valence-corrected chi connectivity index (χ4v) is 1.36. The molecule has 1 unspecified atom stereocenters. The van der Waals surface area contributed by atoms with Crippen molar-refractivity contribution >= 4 is 5.97 Å². The maximum absolute atomic E-state index is 13.3. The molecule has 1 rings (SSSR count). The van der Waals surface area contributed by atoms with Gasteiger partial charge in [-0.15, -0.1) is 0 Å². The van der Waals surface area contributed by atoms with Crippen molar-refractivity contribution < 1.29 is 28.2 Å². The van der Waals surface area contributed by atoms with Crippen LogP contribution in [-0.4, -0.2) is 25.3 Å². The predicted molar refractivity (Wildman–Crippen MR) is 54.0 cm³/mol. The maximum Gasteiger partial charge on any atom is 0.325 e. The lowest BCUT2D eigenvalue weighted by Gasteiger charge is -2.16. The molecule has 0 spiro atoms. The van der Waals surface area contributed by atoms with E-state index in [0.29, 0.717) is 6.07 Å². The summed E-state index contributed by atoms with van der Waals surface area (Å²) in [6.45, 7) is 0. The Morgan fingerprint density at radius 3 is 2.29 bits per heavy atom. The Hall–Kier alpha value is -1.89.